The Morgan fingerprint density at radius 1 is 1.45 bits per heavy atom. The summed E-state index contributed by atoms with van der Waals surface area (Å²) < 4.78 is 0. The molecule has 0 spiro atoms. The molecule has 0 saturated heterocycles. The van der Waals surface area contributed by atoms with E-state index >= 15 is 0 Å². The van der Waals surface area contributed by atoms with E-state index in [1.54, 1.807) is 12.1 Å². The minimum Gasteiger partial charge on any atom is -0.507 e. The van der Waals surface area contributed by atoms with Crippen LogP contribution in [0.2, 0.25) is 0 Å². The number of alkyl halides is 1. The second-order valence-electron chi connectivity index (χ2n) is 2.25. The van der Waals surface area contributed by atoms with Crippen LogP contribution in [0.4, 0.5) is 0 Å². The van der Waals surface area contributed by atoms with Gasteiger partial charge in [0.15, 0.2) is 0 Å². The fourth-order valence-electron chi connectivity index (χ4n) is 0.845. The quantitative estimate of drug-likeness (QED) is 0.749. The first-order valence-electron chi connectivity index (χ1n) is 3.28. The Morgan fingerprint density at radius 2 is 2.09 bits per heavy atom. The summed E-state index contributed by atoms with van der Waals surface area (Å²) in [5, 5.41) is 10.0. The molecule has 0 fully saturated rings. The fourth-order valence-corrected chi connectivity index (χ4v) is 1.15. The molecule has 0 aromatic heterocycles. The highest BCUT2D eigenvalue weighted by Crippen LogP contribution is 2.23. The standard InChI is InChI=1S/C9H9BrO/c1-7(6-10)8-4-2-3-5-9(8)11/h2-5,11H,1,6H2. The molecule has 1 rings (SSSR count). The van der Waals surface area contributed by atoms with Crippen molar-refractivity contribution in [3.8, 4) is 5.75 Å². The van der Waals surface area contributed by atoms with Gasteiger partial charge in [-0.1, -0.05) is 40.7 Å². The molecule has 1 N–H and O–H groups in total. The van der Waals surface area contributed by atoms with Gasteiger partial charge in [-0.2, -0.15) is 0 Å². The third kappa shape index (κ3) is 1.84. The number of phenols is 1. The molecule has 1 aromatic carbocycles. The van der Waals surface area contributed by atoms with Crippen LogP contribution in [0.3, 0.4) is 0 Å². The van der Waals surface area contributed by atoms with Gasteiger partial charge in [-0.05, 0) is 11.6 Å². The first-order valence-corrected chi connectivity index (χ1v) is 4.40. The largest absolute Gasteiger partial charge is 0.507 e. The number of benzene rings is 1. The zero-order valence-electron chi connectivity index (χ0n) is 6.05. The van der Waals surface area contributed by atoms with Crippen LogP contribution >= 0.6 is 15.9 Å². The first kappa shape index (κ1) is 8.34. The van der Waals surface area contributed by atoms with Gasteiger partial charge in [0.25, 0.3) is 0 Å². The van der Waals surface area contributed by atoms with E-state index < -0.39 is 0 Å². The highest BCUT2D eigenvalue weighted by Gasteiger charge is 2.00. The van der Waals surface area contributed by atoms with Gasteiger partial charge in [0.05, 0.1) is 0 Å². The van der Waals surface area contributed by atoms with Crippen LogP contribution in [0.25, 0.3) is 5.57 Å². The summed E-state index contributed by atoms with van der Waals surface area (Å²) in [5.41, 5.74) is 1.70. The molecule has 0 heterocycles. The van der Waals surface area contributed by atoms with Crippen LogP contribution in [0, 0.1) is 0 Å². The predicted molar refractivity (Wildman–Crippen MR) is 50.9 cm³/mol. The van der Waals surface area contributed by atoms with Gasteiger partial charge in [-0.3, -0.25) is 0 Å². The minimum atomic E-state index is 0.289. The van der Waals surface area contributed by atoms with E-state index in [0.717, 1.165) is 11.1 Å². The van der Waals surface area contributed by atoms with E-state index in [4.69, 9.17) is 0 Å². The van der Waals surface area contributed by atoms with Crippen LogP contribution in [0.15, 0.2) is 30.8 Å². The average Bonchev–Trinajstić information content (AvgIpc) is 2.04. The molecule has 0 unspecified atom stereocenters. The van der Waals surface area contributed by atoms with Gasteiger partial charge >= 0.3 is 0 Å². The van der Waals surface area contributed by atoms with Crippen LogP contribution in [0.5, 0.6) is 5.75 Å². The summed E-state index contributed by atoms with van der Waals surface area (Å²) in [7, 11) is 0. The lowest BCUT2D eigenvalue weighted by Gasteiger charge is -2.03. The highest BCUT2D eigenvalue weighted by molar-refractivity contribution is 9.09. The molecule has 2 heteroatoms. The van der Waals surface area contributed by atoms with E-state index in [1.165, 1.54) is 0 Å². The number of halogens is 1. The predicted octanol–water partition coefficient (Wildman–Crippen LogP) is 2.80. The molecule has 0 radical (unpaired) electrons. The molecule has 58 valence electrons. The molecule has 1 aromatic rings. The topological polar surface area (TPSA) is 20.2 Å². The molecule has 0 aliphatic heterocycles. The lowest BCUT2D eigenvalue weighted by atomic mass is 10.1. The fraction of sp³-hybridized carbons (Fsp3) is 0.111. The van der Waals surface area contributed by atoms with Crippen molar-refractivity contribution in [1.29, 1.82) is 0 Å². The number of para-hydroxylation sites is 1. The van der Waals surface area contributed by atoms with Crippen molar-refractivity contribution < 1.29 is 5.11 Å². The zero-order valence-corrected chi connectivity index (χ0v) is 7.63. The van der Waals surface area contributed by atoms with Crippen molar-refractivity contribution in [2.75, 3.05) is 5.33 Å². The lowest BCUT2D eigenvalue weighted by molar-refractivity contribution is 0.473. The van der Waals surface area contributed by atoms with E-state index in [0.29, 0.717) is 5.33 Å². The van der Waals surface area contributed by atoms with E-state index in [-0.39, 0.29) is 5.75 Å². The van der Waals surface area contributed by atoms with Crippen molar-refractivity contribution in [2.45, 2.75) is 0 Å². The number of phenolic OH excluding ortho intramolecular Hbond substituents is 1. The molecule has 0 saturated carbocycles. The summed E-state index contributed by atoms with van der Waals surface area (Å²) >= 11 is 3.27. The van der Waals surface area contributed by atoms with Gasteiger partial charge in [0, 0.05) is 10.9 Å². The van der Waals surface area contributed by atoms with Crippen molar-refractivity contribution in [1.82, 2.24) is 0 Å². The second-order valence-corrected chi connectivity index (χ2v) is 2.82. The molecule has 0 atom stereocenters. The third-order valence-corrected chi connectivity index (χ3v) is 2.12. The summed E-state index contributed by atoms with van der Waals surface area (Å²) in [4.78, 5) is 0. The second kappa shape index (κ2) is 3.58. The summed E-state index contributed by atoms with van der Waals surface area (Å²) in [6.07, 6.45) is 0. The Balaban J connectivity index is 3.03. The smallest absolute Gasteiger partial charge is 0.123 e. The normalized spacial score (nSPS) is 9.55. The van der Waals surface area contributed by atoms with Gasteiger partial charge < -0.3 is 5.11 Å². The summed E-state index contributed by atoms with van der Waals surface area (Å²) in [6, 6.07) is 7.17. The van der Waals surface area contributed by atoms with Crippen LogP contribution in [-0.2, 0) is 0 Å². The van der Waals surface area contributed by atoms with Crippen LogP contribution in [-0.4, -0.2) is 10.4 Å². The van der Waals surface area contributed by atoms with Gasteiger partial charge in [0.2, 0.25) is 0 Å². The molecule has 0 aliphatic rings. The molecular formula is C9H9BrO. The maximum atomic E-state index is 9.33. The molecule has 11 heavy (non-hydrogen) atoms. The average molecular weight is 213 g/mol. The Kier molecular flexibility index (Phi) is 2.71. The molecule has 1 nitrogen and oxygen atoms in total. The molecule has 0 aliphatic carbocycles. The zero-order chi connectivity index (χ0) is 8.27. The van der Waals surface area contributed by atoms with Crippen LogP contribution < -0.4 is 0 Å². The Hall–Kier alpha value is -0.760. The number of aromatic hydroxyl groups is 1. The van der Waals surface area contributed by atoms with Crippen molar-refractivity contribution in [2.24, 2.45) is 0 Å². The monoisotopic (exact) mass is 212 g/mol. The maximum Gasteiger partial charge on any atom is 0.123 e. The Labute approximate surface area is 74.5 Å². The van der Waals surface area contributed by atoms with E-state index in [1.807, 2.05) is 12.1 Å². The van der Waals surface area contributed by atoms with E-state index in [2.05, 4.69) is 22.5 Å². The maximum absolute atomic E-state index is 9.33. The molecule has 0 amide bonds. The van der Waals surface area contributed by atoms with E-state index in [9.17, 15) is 5.11 Å². The Morgan fingerprint density at radius 3 is 2.64 bits per heavy atom. The lowest BCUT2D eigenvalue weighted by Crippen LogP contribution is -1.83. The van der Waals surface area contributed by atoms with Crippen LogP contribution in [0.1, 0.15) is 5.56 Å². The van der Waals surface area contributed by atoms with Crippen molar-refractivity contribution >= 4 is 21.5 Å². The Bertz CT molecular complexity index is 268. The van der Waals surface area contributed by atoms with Gasteiger partial charge in [0.1, 0.15) is 5.75 Å². The van der Waals surface area contributed by atoms with Crippen molar-refractivity contribution in [3.63, 3.8) is 0 Å². The number of hydrogen-bond donors (Lipinski definition) is 1. The summed E-state index contributed by atoms with van der Waals surface area (Å²) in [6.45, 7) is 3.80. The molecular weight excluding hydrogens is 204 g/mol. The third-order valence-electron chi connectivity index (χ3n) is 1.45. The number of hydrogen-bond acceptors (Lipinski definition) is 1. The van der Waals surface area contributed by atoms with Crippen molar-refractivity contribution in [3.05, 3.63) is 36.4 Å². The number of rotatable bonds is 2. The SMILES string of the molecule is C=C(CBr)c1ccccc1O. The highest BCUT2D eigenvalue weighted by atomic mass is 79.9. The first-order chi connectivity index (χ1) is 5.25. The number of allylic oxidation sites excluding steroid dienone is 1. The van der Waals surface area contributed by atoms with Gasteiger partial charge in [-0.25, -0.2) is 0 Å². The van der Waals surface area contributed by atoms with Gasteiger partial charge in [-0.15, -0.1) is 0 Å². The minimum absolute atomic E-state index is 0.289. The molecule has 0 bridgehead atoms. The summed E-state index contributed by atoms with van der Waals surface area (Å²) in [5.74, 6) is 0.289.